The summed E-state index contributed by atoms with van der Waals surface area (Å²) in [6.07, 6.45) is 1.70. The molecule has 0 aliphatic carbocycles. The molecule has 3 aromatic heterocycles. The lowest BCUT2D eigenvalue weighted by atomic mass is 9.85. The molecule has 13 aromatic rings. The summed E-state index contributed by atoms with van der Waals surface area (Å²) in [5.41, 5.74) is 9.91. The van der Waals surface area contributed by atoms with Crippen molar-refractivity contribution in [3.8, 4) is 78.4 Å². The van der Waals surface area contributed by atoms with E-state index in [1.54, 1.807) is 12.3 Å². The second-order valence-electron chi connectivity index (χ2n) is 16.7. The molecule has 0 aliphatic heterocycles. The number of fused-ring (bicyclic) bond motifs is 6. The van der Waals surface area contributed by atoms with Crippen molar-refractivity contribution in [2.75, 3.05) is 0 Å². The monoisotopic (exact) mass is 858 g/mol. The van der Waals surface area contributed by atoms with Gasteiger partial charge >= 0.3 is 0 Å². The van der Waals surface area contributed by atoms with Gasteiger partial charge in [-0.3, -0.25) is 4.98 Å². The molecule has 0 saturated carbocycles. The predicted molar refractivity (Wildman–Crippen MR) is 280 cm³/mol. The van der Waals surface area contributed by atoms with Crippen molar-refractivity contribution >= 4 is 54.1 Å². The van der Waals surface area contributed by atoms with Crippen LogP contribution >= 0.6 is 0 Å². The summed E-state index contributed by atoms with van der Waals surface area (Å²) in [6, 6.07) is 65.0. The normalized spacial score (nSPS) is 12.8. The van der Waals surface area contributed by atoms with Crippen molar-refractivity contribution in [3.05, 3.63) is 243 Å². The van der Waals surface area contributed by atoms with E-state index in [-0.39, 0.29) is 46.1 Å². The van der Waals surface area contributed by atoms with E-state index in [0.29, 0.717) is 39.4 Å². The van der Waals surface area contributed by atoms with Crippen LogP contribution in [0.15, 0.2) is 247 Å². The third-order valence-corrected chi connectivity index (χ3v) is 12.9. The summed E-state index contributed by atoms with van der Waals surface area (Å²) in [5.74, 6) is 1.26. The number of hydrogen-bond acceptors (Lipinski definition) is 3. The first-order valence-corrected chi connectivity index (χ1v) is 22.3. The first-order valence-electron chi connectivity index (χ1n) is 25.3. The van der Waals surface area contributed by atoms with Gasteiger partial charge in [-0.05, 0) is 83.9 Å². The highest BCUT2D eigenvalue weighted by Gasteiger charge is 2.29. The van der Waals surface area contributed by atoms with Gasteiger partial charge in [0.2, 0.25) is 0 Å². The maximum absolute atomic E-state index is 9.83. The molecule has 0 bridgehead atoms. The van der Waals surface area contributed by atoms with E-state index in [0.717, 1.165) is 71.3 Å². The molecule has 0 radical (unpaired) electrons. The second kappa shape index (κ2) is 16.0. The van der Waals surface area contributed by atoms with Crippen LogP contribution < -0.4 is 0 Å². The van der Waals surface area contributed by atoms with Crippen LogP contribution in [0.2, 0.25) is 0 Å². The Kier molecular flexibility index (Phi) is 7.78. The molecule has 0 aliphatic rings. The lowest BCUT2D eigenvalue weighted by molar-refractivity contribution is 0.600. The smallest absolute Gasteiger partial charge is 0.144 e. The fourth-order valence-corrected chi connectivity index (χ4v) is 9.88. The number of nitrogens with zero attached hydrogens (tertiary/aromatic N) is 2. The Morgan fingerprint density at radius 1 is 0.343 bits per heavy atom. The Labute approximate surface area is 396 Å². The number of benzene rings is 10. The molecule has 3 heterocycles. The van der Waals surface area contributed by atoms with Crippen LogP contribution in [-0.4, -0.2) is 9.97 Å². The summed E-state index contributed by atoms with van der Waals surface area (Å²) in [6.45, 7) is 0. The van der Waals surface area contributed by atoms with Crippen molar-refractivity contribution in [3.63, 3.8) is 0 Å². The quantitative estimate of drug-likeness (QED) is 0.118. The number of hydrogen-bond donors (Lipinski definition) is 0. The van der Waals surface area contributed by atoms with Gasteiger partial charge in [-0.1, -0.05) is 218 Å². The number of furan rings is 1. The van der Waals surface area contributed by atoms with Gasteiger partial charge in [-0.2, -0.15) is 0 Å². The van der Waals surface area contributed by atoms with Crippen LogP contribution in [0, 0.1) is 0 Å². The maximum atomic E-state index is 9.83. The van der Waals surface area contributed by atoms with Gasteiger partial charge in [-0.25, -0.2) is 4.98 Å². The summed E-state index contributed by atoms with van der Waals surface area (Å²) in [4.78, 5) is 9.65. The zero-order chi connectivity index (χ0) is 49.5. The minimum atomic E-state index is -0.440. The summed E-state index contributed by atoms with van der Waals surface area (Å²) < 4.78 is 63.8. The maximum Gasteiger partial charge on any atom is 0.144 e. The van der Waals surface area contributed by atoms with Gasteiger partial charge in [0.25, 0.3) is 0 Å². The molecule has 10 aromatic carbocycles. The van der Waals surface area contributed by atoms with Crippen molar-refractivity contribution in [2.45, 2.75) is 0 Å². The Morgan fingerprint density at radius 2 is 0.836 bits per heavy atom. The molecule has 13 rings (SSSR count). The van der Waals surface area contributed by atoms with Crippen molar-refractivity contribution in [1.82, 2.24) is 9.97 Å². The first kappa shape index (κ1) is 32.7. The SMILES string of the molecule is [2H]c1c([2H])c([2H])c2c(-c3ccc4ccc5cccnc5c4n3)c([2H])c([2H])c(-c3cccc(-c4oc(-c5c6ccccc6c(-c6ccccc6)c6ccccc56)c(-c5ccccc5)c4-c4ccccc4)c3)c2c1[2H]. The van der Waals surface area contributed by atoms with Crippen molar-refractivity contribution in [1.29, 1.82) is 0 Å². The fourth-order valence-electron chi connectivity index (χ4n) is 9.88. The number of pyridine rings is 2. The van der Waals surface area contributed by atoms with Crippen LogP contribution in [0.3, 0.4) is 0 Å². The van der Waals surface area contributed by atoms with E-state index in [1.165, 1.54) is 0 Å². The zero-order valence-electron chi connectivity index (χ0n) is 41.9. The van der Waals surface area contributed by atoms with Gasteiger partial charge in [0.15, 0.2) is 0 Å². The molecule has 312 valence electrons. The minimum absolute atomic E-state index is 0.113. The third-order valence-electron chi connectivity index (χ3n) is 12.9. The van der Waals surface area contributed by atoms with Gasteiger partial charge < -0.3 is 4.42 Å². The third kappa shape index (κ3) is 6.43. The van der Waals surface area contributed by atoms with Crippen LogP contribution in [0.5, 0.6) is 0 Å². The van der Waals surface area contributed by atoms with Gasteiger partial charge in [0.05, 0.1) is 25.0 Å². The molecular formula is C64H40N2O. The molecule has 0 unspecified atom stereocenters. The van der Waals surface area contributed by atoms with Crippen LogP contribution in [0.25, 0.3) is 133 Å². The number of aromatic nitrogens is 2. The second-order valence-corrected chi connectivity index (χ2v) is 16.7. The van der Waals surface area contributed by atoms with Crippen molar-refractivity contribution < 1.29 is 12.6 Å². The lowest BCUT2D eigenvalue weighted by Gasteiger charge is -2.17. The molecule has 0 amide bonds. The molecule has 0 spiro atoms. The van der Waals surface area contributed by atoms with Crippen LogP contribution in [-0.2, 0) is 0 Å². The van der Waals surface area contributed by atoms with Gasteiger partial charge in [0, 0.05) is 44.8 Å². The van der Waals surface area contributed by atoms with E-state index in [1.807, 2.05) is 97.1 Å². The predicted octanol–water partition coefficient (Wildman–Crippen LogP) is 17.5. The highest BCUT2D eigenvalue weighted by Crippen LogP contribution is 2.53. The van der Waals surface area contributed by atoms with E-state index in [4.69, 9.17) is 12.1 Å². The Balaban J connectivity index is 1.10. The average molecular weight is 859 g/mol. The number of rotatable bonds is 7. The summed E-state index contributed by atoms with van der Waals surface area (Å²) >= 11 is 0. The average Bonchev–Trinajstić information content (AvgIpc) is 3.84. The molecular weight excluding hydrogens is 813 g/mol. The summed E-state index contributed by atoms with van der Waals surface area (Å²) in [5, 5.41) is 6.16. The van der Waals surface area contributed by atoms with Gasteiger partial charge in [-0.15, -0.1) is 0 Å². The molecule has 0 atom stereocenters. The highest BCUT2D eigenvalue weighted by molar-refractivity contribution is 6.23. The molecule has 3 nitrogen and oxygen atoms in total. The molecule has 0 fully saturated rings. The van der Waals surface area contributed by atoms with E-state index < -0.39 is 12.1 Å². The largest absolute Gasteiger partial charge is 0.455 e. The molecule has 3 heteroatoms. The van der Waals surface area contributed by atoms with E-state index >= 15 is 0 Å². The Bertz CT molecular complexity index is 4330. The molecule has 67 heavy (non-hydrogen) atoms. The fraction of sp³-hybridized carbons (Fsp3) is 0. The topological polar surface area (TPSA) is 38.9 Å². The standard InChI is InChI=1S/C64H40N2O/c1-4-18-41(19-5-1)57-52-29-12-14-31-54(52)60(55-32-15-13-30-53(55)57)64-59(43-22-8-3-9-23-43)58(42-20-6-2-7-21-42)63(67-64)47-25-16-24-46(40-47)48-36-37-51(50-28-11-10-27-49(48)50)56-38-35-45-34-33-44-26-17-39-65-61(44)62(45)66-56/h1-40H/i10D,11D,27D,28D,36D,37D. The zero-order valence-corrected chi connectivity index (χ0v) is 35.9. The molecule has 0 N–H and O–H groups in total. The van der Waals surface area contributed by atoms with Crippen molar-refractivity contribution in [2.24, 2.45) is 0 Å². The summed E-state index contributed by atoms with van der Waals surface area (Å²) in [7, 11) is 0. The van der Waals surface area contributed by atoms with Gasteiger partial charge in [0.1, 0.15) is 11.5 Å². The van der Waals surface area contributed by atoms with E-state index in [2.05, 4.69) is 102 Å². The first-order chi connectivity index (χ1) is 35.8. The van der Waals surface area contributed by atoms with Crippen LogP contribution in [0.4, 0.5) is 0 Å². The highest BCUT2D eigenvalue weighted by atomic mass is 16.3. The lowest BCUT2D eigenvalue weighted by Crippen LogP contribution is -1.91. The Hall–Kier alpha value is -8.92. The van der Waals surface area contributed by atoms with Crippen LogP contribution in [0.1, 0.15) is 8.22 Å². The minimum Gasteiger partial charge on any atom is -0.455 e. The molecule has 0 saturated heterocycles. The Morgan fingerprint density at radius 3 is 1.48 bits per heavy atom. The van der Waals surface area contributed by atoms with E-state index in [9.17, 15) is 5.48 Å².